The number of fused-ring (bicyclic) bond motifs is 1. The normalized spacial score (nSPS) is 20.6. The number of hydrogen-bond acceptors (Lipinski definition) is 4. The van der Waals surface area contributed by atoms with E-state index in [0.717, 1.165) is 25.2 Å². The SMILES string of the molecule is CN1CCCC(N2CCN(C(=O)c3cc(-c4ccccc4)nc4cc(F)ccc34)CC2)C1. The predicted octanol–water partition coefficient (Wildman–Crippen LogP) is 3.89. The van der Waals surface area contributed by atoms with Gasteiger partial charge in [-0.05, 0) is 44.6 Å². The fourth-order valence-electron chi connectivity index (χ4n) is 5.03. The molecule has 6 heteroatoms. The molecule has 166 valence electrons. The van der Waals surface area contributed by atoms with Gasteiger partial charge in [-0.15, -0.1) is 0 Å². The van der Waals surface area contributed by atoms with Crippen molar-refractivity contribution in [2.75, 3.05) is 46.3 Å². The van der Waals surface area contributed by atoms with E-state index in [-0.39, 0.29) is 11.7 Å². The maximum Gasteiger partial charge on any atom is 0.254 e. The van der Waals surface area contributed by atoms with Crippen molar-refractivity contribution in [2.24, 2.45) is 0 Å². The van der Waals surface area contributed by atoms with Crippen LogP contribution in [0.3, 0.4) is 0 Å². The Bertz CT molecular complexity index is 1110. The van der Waals surface area contributed by atoms with Crippen LogP contribution >= 0.6 is 0 Å². The minimum absolute atomic E-state index is 0.00148. The maximum absolute atomic E-state index is 14.0. The maximum atomic E-state index is 14.0. The van der Waals surface area contributed by atoms with Crippen LogP contribution in [0.1, 0.15) is 23.2 Å². The van der Waals surface area contributed by atoms with E-state index in [9.17, 15) is 9.18 Å². The predicted molar refractivity (Wildman–Crippen MR) is 125 cm³/mol. The second-order valence-corrected chi connectivity index (χ2v) is 8.97. The van der Waals surface area contributed by atoms with Crippen LogP contribution in [0.2, 0.25) is 0 Å². The summed E-state index contributed by atoms with van der Waals surface area (Å²) in [4.78, 5) is 25.1. The molecule has 3 heterocycles. The number of likely N-dealkylation sites (N-methyl/N-ethyl adjacent to an activating group) is 1. The molecule has 2 aliphatic heterocycles. The van der Waals surface area contributed by atoms with Gasteiger partial charge in [-0.1, -0.05) is 30.3 Å². The molecule has 5 rings (SSSR count). The van der Waals surface area contributed by atoms with Gasteiger partial charge in [0.15, 0.2) is 0 Å². The third kappa shape index (κ3) is 4.25. The third-order valence-electron chi connectivity index (χ3n) is 6.79. The first-order chi connectivity index (χ1) is 15.6. The lowest BCUT2D eigenvalue weighted by Crippen LogP contribution is -2.55. The Hall–Kier alpha value is -2.83. The lowest BCUT2D eigenvalue weighted by Gasteiger charge is -2.42. The molecule has 32 heavy (non-hydrogen) atoms. The molecule has 1 atom stereocenters. The zero-order chi connectivity index (χ0) is 22.1. The van der Waals surface area contributed by atoms with Gasteiger partial charge < -0.3 is 9.80 Å². The molecule has 0 radical (unpaired) electrons. The second-order valence-electron chi connectivity index (χ2n) is 8.97. The highest BCUT2D eigenvalue weighted by atomic mass is 19.1. The fourth-order valence-corrected chi connectivity index (χ4v) is 5.03. The number of likely N-dealkylation sites (tertiary alicyclic amines) is 1. The summed E-state index contributed by atoms with van der Waals surface area (Å²) in [7, 11) is 2.19. The zero-order valence-electron chi connectivity index (χ0n) is 18.5. The Morgan fingerprint density at radius 2 is 1.78 bits per heavy atom. The Morgan fingerprint density at radius 1 is 1.00 bits per heavy atom. The highest BCUT2D eigenvalue weighted by Gasteiger charge is 2.29. The van der Waals surface area contributed by atoms with Crippen molar-refractivity contribution >= 4 is 16.8 Å². The number of hydrogen-bond donors (Lipinski definition) is 0. The van der Waals surface area contributed by atoms with Crippen LogP contribution in [0.25, 0.3) is 22.2 Å². The summed E-state index contributed by atoms with van der Waals surface area (Å²) in [6, 6.07) is 16.7. The van der Waals surface area contributed by atoms with Gasteiger partial charge in [0, 0.05) is 55.8 Å². The molecule has 3 aromatic rings. The van der Waals surface area contributed by atoms with E-state index in [1.807, 2.05) is 41.3 Å². The van der Waals surface area contributed by atoms with Crippen molar-refractivity contribution in [1.29, 1.82) is 0 Å². The summed E-state index contributed by atoms with van der Waals surface area (Å²) in [6.45, 7) is 5.50. The lowest BCUT2D eigenvalue weighted by atomic mass is 10.0. The molecule has 2 aliphatic rings. The van der Waals surface area contributed by atoms with Crippen molar-refractivity contribution in [3.63, 3.8) is 0 Å². The molecule has 2 fully saturated rings. The number of amides is 1. The number of halogens is 1. The minimum atomic E-state index is -0.348. The molecule has 1 aromatic heterocycles. The van der Waals surface area contributed by atoms with Crippen molar-refractivity contribution < 1.29 is 9.18 Å². The number of carbonyl (C=O) groups is 1. The first-order valence-corrected chi connectivity index (χ1v) is 11.5. The molecule has 2 aromatic carbocycles. The van der Waals surface area contributed by atoms with Crippen molar-refractivity contribution in [2.45, 2.75) is 18.9 Å². The first kappa shape index (κ1) is 21.0. The average Bonchev–Trinajstić information content (AvgIpc) is 2.83. The molecule has 0 saturated carbocycles. The van der Waals surface area contributed by atoms with Gasteiger partial charge in [0.05, 0.1) is 16.8 Å². The van der Waals surface area contributed by atoms with Gasteiger partial charge in [-0.3, -0.25) is 9.69 Å². The standard InChI is InChI=1S/C26H29FN4O/c1-29-11-5-8-21(18-29)30-12-14-31(15-13-30)26(32)23-17-24(19-6-3-2-4-7-19)28-25-16-20(27)9-10-22(23)25/h2-4,6-7,9-10,16-17,21H,5,8,11-15,18H2,1H3. The van der Waals surface area contributed by atoms with E-state index in [0.29, 0.717) is 41.3 Å². The van der Waals surface area contributed by atoms with Crippen LogP contribution in [0.4, 0.5) is 4.39 Å². The van der Waals surface area contributed by atoms with E-state index in [2.05, 4.69) is 21.8 Å². The van der Waals surface area contributed by atoms with E-state index in [1.54, 1.807) is 6.07 Å². The highest BCUT2D eigenvalue weighted by Crippen LogP contribution is 2.27. The number of aromatic nitrogens is 1. The molecular formula is C26H29FN4O. The van der Waals surface area contributed by atoms with Gasteiger partial charge in [-0.2, -0.15) is 0 Å². The Labute approximate surface area is 188 Å². The number of piperazine rings is 1. The quantitative estimate of drug-likeness (QED) is 0.630. The molecule has 1 unspecified atom stereocenters. The molecule has 0 aliphatic carbocycles. The van der Waals surface area contributed by atoms with Crippen molar-refractivity contribution in [1.82, 2.24) is 19.7 Å². The molecule has 1 amide bonds. The summed E-state index contributed by atoms with van der Waals surface area (Å²) in [5.41, 5.74) is 2.72. The smallest absolute Gasteiger partial charge is 0.254 e. The van der Waals surface area contributed by atoms with Gasteiger partial charge in [0.1, 0.15) is 5.82 Å². The fraction of sp³-hybridized carbons (Fsp3) is 0.385. The van der Waals surface area contributed by atoms with Gasteiger partial charge in [0.2, 0.25) is 0 Å². The Kier molecular flexibility index (Phi) is 5.89. The molecule has 2 saturated heterocycles. The van der Waals surface area contributed by atoms with Crippen LogP contribution in [0, 0.1) is 5.82 Å². The van der Waals surface area contributed by atoms with Crippen LogP contribution in [0.5, 0.6) is 0 Å². The van der Waals surface area contributed by atoms with E-state index >= 15 is 0 Å². The molecular weight excluding hydrogens is 403 g/mol. The topological polar surface area (TPSA) is 39.7 Å². The summed E-state index contributed by atoms with van der Waals surface area (Å²) in [5.74, 6) is -0.346. The van der Waals surface area contributed by atoms with Crippen molar-refractivity contribution in [3.05, 3.63) is 66.0 Å². The third-order valence-corrected chi connectivity index (χ3v) is 6.79. The van der Waals surface area contributed by atoms with Crippen LogP contribution in [-0.2, 0) is 0 Å². The number of nitrogens with zero attached hydrogens (tertiary/aromatic N) is 4. The van der Waals surface area contributed by atoms with Crippen LogP contribution in [0.15, 0.2) is 54.6 Å². The summed E-state index contributed by atoms with van der Waals surface area (Å²) in [6.07, 6.45) is 2.47. The van der Waals surface area contributed by atoms with Gasteiger partial charge in [-0.25, -0.2) is 9.37 Å². The van der Waals surface area contributed by atoms with Gasteiger partial charge >= 0.3 is 0 Å². The van der Waals surface area contributed by atoms with E-state index < -0.39 is 0 Å². The average molecular weight is 433 g/mol. The molecule has 5 nitrogen and oxygen atoms in total. The Balaban J connectivity index is 1.41. The van der Waals surface area contributed by atoms with Gasteiger partial charge in [0.25, 0.3) is 5.91 Å². The van der Waals surface area contributed by atoms with Crippen molar-refractivity contribution in [3.8, 4) is 11.3 Å². The monoisotopic (exact) mass is 432 g/mol. The molecule has 0 N–H and O–H groups in total. The molecule has 0 bridgehead atoms. The number of carbonyl (C=O) groups excluding carboxylic acids is 1. The Morgan fingerprint density at radius 3 is 2.53 bits per heavy atom. The summed E-state index contributed by atoms with van der Waals surface area (Å²) >= 11 is 0. The van der Waals surface area contributed by atoms with E-state index in [4.69, 9.17) is 0 Å². The van der Waals surface area contributed by atoms with Crippen LogP contribution in [-0.4, -0.2) is 77.9 Å². The summed E-state index contributed by atoms with van der Waals surface area (Å²) in [5, 5.41) is 0.701. The van der Waals surface area contributed by atoms with E-state index in [1.165, 1.54) is 31.5 Å². The lowest BCUT2D eigenvalue weighted by molar-refractivity contribution is 0.0453. The first-order valence-electron chi connectivity index (χ1n) is 11.5. The zero-order valence-corrected chi connectivity index (χ0v) is 18.5. The highest BCUT2D eigenvalue weighted by molar-refractivity contribution is 6.07. The minimum Gasteiger partial charge on any atom is -0.336 e. The second kappa shape index (κ2) is 8.96. The number of pyridine rings is 1. The van der Waals surface area contributed by atoms with Crippen LogP contribution < -0.4 is 0 Å². The number of rotatable bonds is 3. The largest absolute Gasteiger partial charge is 0.336 e. The number of benzene rings is 2. The number of piperidine rings is 1. The molecule has 0 spiro atoms. The summed E-state index contributed by atoms with van der Waals surface area (Å²) < 4.78 is 14.0.